The smallest absolute Gasteiger partial charge is 0.342 e. The molecule has 0 spiro atoms. The molecule has 3 aliphatic rings. The van der Waals surface area contributed by atoms with Crippen molar-refractivity contribution in [3.63, 3.8) is 0 Å². The summed E-state index contributed by atoms with van der Waals surface area (Å²) in [6, 6.07) is 11.2. The second-order valence-electron chi connectivity index (χ2n) is 16.4. The Kier molecular flexibility index (Phi) is 17.4. The quantitative estimate of drug-likeness (QED) is 0.0624. The molecule has 0 amide bonds. The number of aliphatic hydroxyl groups excluding tert-OH is 12. The minimum Gasteiger partial charge on any atom is -0.462 e. The summed E-state index contributed by atoms with van der Waals surface area (Å²) in [4.78, 5) is 28.4. The second-order valence-corrected chi connectivity index (χ2v) is 16.4. The van der Waals surface area contributed by atoms with Crippen LogP contribution in [0.1, 0.15) is 38.3 Å². The lowest BCUT2D eigenvalue weighted by molar-refractivity contribution is -0.342. The Morgan fingerprint density at radius 2 is 0.891 bits per heavy atom. The van der Waals surface area contributed by atoms with E-state index >= 15 is 0 Å². The van der Waals surface area contributed by atoms with Crippen molar-refractivity contribution in [2.24, 2.45) is 5.92 Å². The van der Waals surface area contributed by atoms with Crippen LogP contribution in [0.5, 0.6) is 11.5 Å². The van der Waals surface area contributed by atoms with Crippen LogP contribution in [-0.4, -0.2) is 201 Å². The average molecular weight is 919 g/mol. The van der Waals surface area contributed by atoms with E-state index in [0.29, 0.717) is 11.1 Å². The number of ether oxygens (including phenoxy) is 8. The highest BCUT2D eigenvalue weighted by Crippen LogP contribution is 2.40. The van der Waals surface area contributed by atoms with Gasteiger partial charge in [-0.15, -0.1) is 0 Å². The number of rotatable bonds is 18. The number of carbonyl (C=O) groups is 2. The molecule has 0 saturated carbocycles. The molecule has 64 heavy (non-hydrogen) atoms. The number of aliphatic hydroxyl groups is 13. The summed E-state index contributed by atoms with van der Waals surface area (Å²) in [7, 11) is 0. The van der Waals surface area contributed by atoms with Crippen LogP contribution in [0, 0.1) is 5.92 Å². The van der Waals surface area contributed by atoms with Crippen molar-refractivity contribution in [2.45, 2.75) is 144 Å². The molecule has 17 atom stereocenters. The lowest BCUT2D eigenvalue weighted by atomic mass is 9.77. The molecule has 3 aliphatic heterocycles. The molecule has 23 heteroatoms. The lowest BCUT2D eigenvalue weighted by Crippen LogP contribution is -2.69. The molecular weight excluding hydrogens is 860 g/mol. The normalized spacial score (nSPS) is 35.2. The highest BCUT2D eigenvalue weighted by atomic mass is 16.7. The van der Waals surface area contributed by atoms with Crippen LogP contribution in [0.3, 0.4) is 0 Å². The third-order valence-corrected chi connectivity index (χ3v) is 11.2. The fraction of sp³-hybridized carbons (Fsp3) is 0.659. The van der Waals surface area contributed by atoms with Crippen LogP contribution in [0.15, 0.2) is 48.5 Å². The van der Waals surface area contributed by atoms with Crippen LogP contribution < -0.4 is 9.47 Å². The van der Waals surface area contributed by atoms with Crippen molar-refractivity contribution < 1.29 is 114 Å². The summed E-state index contributed by atoms with van der Waals surface area (Å²) in [5, 5.41) is 134. The van der Waals surface area contributed by atoms with Crippen LogP contribution in [0.2, 0.25) is 0 Å². The van der Waals surface area contributed by atoms with Crippen LogP contribution in [0.25, 0.3) is 0 Å². The number of carbonyl (C=O) groups excluding carboxylic acids is 2. The van der Waals surface area contributed by atoms with Gasteiger partial charge in [-0.3, -0.25) is 0 Å². The maximum absolute atomic E-state index is 14.4. The second kappa shape index (κ2) is 21.7. The molecule has 2 unspecified atom stereocenters. The summed E-state index contributed by atoms with van der Waals surface area (Å²) < 4.78 is 44.6. The van der Waals surface area contributed by atoms with Gasteiger partial charge in [0.1, 0.15) is 98.0 Å². The Balaban J connectivity index is 1.35. The fourth-order valence-electron chi connectivity index (χ4n) is 7.28. The van der Waals surface area contributed by atoms with Gasteiger partial charge in [0.05, 0.1) is 19.8 Å². The molecule has 3 fully saturated rings. The highest BCUT2D eigenvalue weighted by molar-refractivity contribution is 5.92. The Morgan fingerprint density at radius 1 is 0.547 bits per heavy atom. The first-order valence-corrected chi connectivity index (χ1v) is 20.4. The van der Waals surface area contributed by atoms with E-state index in [0.717, 1.165) is 6.92 Å². The van der Waals surface area contributed by atoms with Crippen molar-refractivity contribution in [3.05, 3.63) is 59.7 Å². The standard InChI is InChI=1S/C41H58O23/c1-18(2)12-41(64-37-34(53)31(50)28(47)25(15-44)63-37,39(55)58-17-20-6-10-22(11-7-20)60-36-33(52)30(49)27(46)24(14-43)62-36)40(3,56)38(54)57-16-19-4-8-21(9-5-19)59-35-32(51)29(48)26(45)23(13-42)61-35/h4-11,18,23-37,42-53,56H,12-17H2,1-3H3/t23-,24-,25-,26-,27-,28-,29+,30+,31+,32-,33-,34-,35-,36?,37?,40-,41+/m1/s1. The predicted octanol–water partition coefficient (Wildman–Crippen LogP) is -4.82. The minimum atomic E-state index is -2.98. The zero-order valence-electron chi connectivity index (χ0n) is 35.0. The van der Waals surface area contributed by atoms with Gasteiger partial charge in [0.25, 0.3) is 0 Å². The Hall–Kier alpha value is -3.70. The van der Waals surface area contributed by atoms with Crippen molar-refractivity contribution in [3.8, 4) is 11.5 Å². The van der Waals surface area contributed by atoms with Gasteiger partial charge in [0, 0.05) is 0 Å². The molecular formula is C41H58O23. The third kappa shape index (κ3) is 11.1. The molecule has 3 heterocycles. The van der Waals surface area contributed by atoms with E-state index in [4.69, 9.17) is 37.9 Å². The van der Waals surface area contributed by atoms with Crippen molar-refractivity contribution in [2.75, 3.05) is 19.8 Å². The van der Waals surface area contributed by atoms with E-state index in [2.05, 4.69) is 0 Å². The molecule has 2 aromatic carbocycles. The van der Waals surface area contributed by atoms with E-state index in [1.54, 1.807) is 13.8 Å². The first-order chi connectivity index (χ1) is 30.2. The number of benzene rings is 2. The zero-order chi connectivity index (χ0) is 47.3. The number of hydrogen-bond donors (Lipinski definition) is 13. The number of hydrogen-bond acceptors (Lipinski definition) is 23. The summed E-state index contributed by atoms with van der Waals surface area (Å²) in [5.74, 6) is -3.23. The largest absolute Gasteiger partial charge is 0.462 e. The molecule has 0 aromatic heterocycles. The van der Waals surface area contributed by atoms with Gasteiger partial charge in [-0.1, -0.05) is 38.1 Å². The van der Waals surface area contributed by atoms with E-state index in [1.165, 1.54) is 48.5 Å². The van der Waals surface area contributed by atoms with E-state index in [9.17, 15) is 76.0 Å². The third-order valence-electron chi connectivity index (χ3n) is 11.2. The van der Waals surface area contributed by atoms with Gasteiger partial charge >= 0.3 is 11.9 Å². The summed E-state index contributed by atoms with van der Waals surface area (Å²) >= 11 is 0. The lowest BCUT2D eigenvalue weighted by Gasteiger charge is -2.47. The first kappa shape index (κ1) is 51.3. The highest BCUT2D eigenvalue weighted by Gasteiger charge is 2.64. The Labute approximate surface area is 366 Å². The summed E-state index contributed by atoms with van der Waals surface area (Å²) in [6.07, 6.45) is -25.4. The van der Waals surface area contributed by atoms with Crippen molar-refractivity contribution in [1.82, 2.24) is 0 Å². The van der Waals surface area contributed by atoms with Gasteiger partial charge in [-0.2, -0.15) is 0 Å². The number of esters is 2. The molecule has 23 nitrogen and oxygen atoms in total. The summed E-state index contributed by atoms with van der Waals surface area (Å²) in [5.41, 5.74) is -5.19. The van der Waals surface area contributed by atoms with Crippen LogP contribution in [0.4, 0.5) is 0 Å². The molecule has 2 aromatic rings. The van der Waals surface area contributed by atoms with Crippen LogP contribution >= 0.6 is 0 Å². The van der Waals surface area contributed by atoms with Gasteiger partial charge in [-0.05, 0) is 54.7 Å². The van der Waals surface area contributed by atoms with E-state index < -0.39 is 161 Å². The topological polar surface area (TPSA) is 371 Å². The van der Waals surface area contributed by atoms with Crippen molar-refractivity contribution in [1.29, 1.82) is 0 Å². The zero-order valence-corrected chi connectivity index (χ0v) is 35.0. The van der Waals surface area contributed by atoms with Gasteiger partial charge in [0.2, 0.25) is 18.2 Å². The molecule has 5 rings (SSSR count). The first-order valence-electron chi connectivity index (χ1n) is 20.4. The average Bonchev–Trinajstić information content (AvgIpc) is 3.28. The maximum atomic E-state index is 14.4. The predicted molar refractivity (Wildman–Crippen MR) is 209 cm³/mol. The van der Waals surface area contributed by atoms with Gasteiger partial charge in [-0.25, -0.2) is 9.59 Å². The van der Waals surface area contributed by atoms with E-state index in [1.807, 2.05) is 0 Å². The molecule has 0 aliphatic carbocycles. The molecule has 0 bridgehead atoms. The Morgan fingerprint density at radius 3 is 1.25 bits per heavy atom. The Bertz CT molecular complexity index is 1790. The molecule has 360 valence electrons. The minimum absolute atomic E-state index is 0.0844. The van der Waals surface area contributed by atoms with Crippen LogP contribution in [-0.2, 0) is 51.2 Å². The maximum Gasteiger partial charge on any atom is 0.342 e. The SMILES string of the molecule is CC(C)C[C@](OC1O[C@H](CO)[C@@H](O)[C@H](O)[C@H]1O)(C(=O)OCc1ccc(OC2O[C@H](CO)[C@@H](O)[C@H](O)[C@H]2O)cc1)[C@](C)(O)C(=O)OCc1ccc(O[C@@H]2O[C@H](CO)[C@@H](O)[C@H](O)[C@H]2O)cc1. The molecule has 0 radical (unpaired) electrons. The van der Waals surface area contributed by atoms with Gasteiger partial charge in [0.15, 0.2) is 11.9 Å². The summed E-state index contributed by atoms with van der Waals surface area (Å²) in [6.45, 7) is 0.787. The monoisotopic (exact) mass is 918 g/mol. The van der Waals surface area contributed by atoms with E-state index in [-0.39, 0.29) is 11.5 Å². The molecule has 13 N–H and O–H groups in total. The fourth-order valence-corrected chi connectivity index (χ4v) is 7.28. The van der Waals surface area contributed by atoms with Gasteiger partial charge < -0.3 is 104 Å². The molecule has 3 saturated heterocycles. The van der Waals surface area contributed by atoms with Crippen molar-refractivity contribution >= 4 is 11.9 Å².